The largest absolute Gasteiger partial charge is 0.322 e. The average molecular weight is 225 g/mol. The number of rotatable bonds is 10. The molecule has 0 aliphatic carbocycles. The van der Waals surface area contributed by atoms with Crippen LogP contribution in [0.15, 0.2) is 12.2 Å². The lowest BCUT2D eigenvalue weighted by molar-refractivity contribution is 0.576. The lowest BCUT2D eigenvalue weighted by Crippen LogP contribution is -2.28. The molecule has 1 nitrogen and oxygen atoms in total. The summed E-state index contributed by atoms with van der Waals surface area (Å²) in [6.07, 6.45) is 16.7. The van der Waals surface area contributed by atoms with Crippen LogP contribution < -0.4 is 5.73 Å². The van der Waals surface area contributed by atoms with Crippen molar-refractivity contribution in [3.8, 4) is 0 Å². The van der Waals surface area contributed by atoms with Crippen LogP contribution in [0.1, 0.15) is 78.6 Å². The van der Waals surface area contributed by atoms with Crippen LogP contribution in [-0.4, -0.2) is 5.54 Å². The zero-order valence-electron chi connectivity index (χ0n) is 11.6. The van der Waals surface area contributed by atoms with Crippen LogP contribution in [0.4, 0.5) is 0 Å². The van der Waals surface area contributed by atoms with Gasteiger partial charge in [0.25, 0.3) is 0 Å². The van der Waals surface area contributed by atoms with Gasteiger partial charge in [0.05, 0.1) is 0 Å². The Labute approximate surface area is 102 Å². The van der Waals surface area contributed by atoms with E-state index in [2.05, 4.69) is 19.1 Å². The highest BCUT2D eigenvalue weighted by molar-refractivity contribution is 4.98. The average Bonchev–Trinajstić information content (AvgIpc) is 2.19. The van der Waals surface area contributed by atoms with Crippen molar-refractivity contribution in [3.63, 3.8) is 0 Å². The SMILES string of the molecule is CCCCCCCCCCC=CC(C)(C)N. The summed E-state index contributed by atoms with van der Waals surface area (Å²) < 4.78 is 0. The minimum absolute atomic E-state index is 0.139. The predicted molar refractivity (Wildman–Crippen MR) is 74.6 cm³/mol. The van der Waals surface area contributed by atoms with E-state index < -0.39 is 0 Å². The molecule has 0 amide bonds. The fourth-order valence-electron chi connectivity index (χ4n) is 1.78. The fourth-order valence-corrected chi connectivity index (χ4v) is 1.78. The molecular weight excluding hydrogens is 194 g/mol. The quantitative estimate of drug-likeness (QED) is 0.419. The lowest BCUT2D eigenvalue weighted by atomic mass is 10.0. The van der Waals surface area contributed by atoms with E-state index in [1.165, 1.54) is 57.8 Å². The molecule has 0 bridgehead atoms. The summed E-state index contributed by atoms with van der Waals surface area (Å²) in [4.78, 5) is 0. The van der Waals surface area contributed by atoms with Gasteiger partial charge in [-0.3, -0.25) is 0 Å². The molecule has 1 heteroatoms. The van der Waals surface area contributed by atoms with Crippen molar-refractivity contribution in [3.05, 3.63) is 12.2 Å². The fraction of sp³-hybridized carbons (Fsp3) is 0.867. The molecule has 0 aromatic rings. The Morgan fingerprint density at radius 2 is 1.38 bits per heavy atom. The summed E-state index contributed by atoms with van der Waals surface area (Å²) in [6.45, 7) is 6.35. The predicted octanol–water partition coefficient (Wildman–Crippen LogP) is 4.81. The van der Waals surface area contributed by atoms with Crippen molar-refractivity contribution >= 4 is 0 Å². The van der Waals surface area contributed by atoms with Crippen LogP contribution in [0.2, 0.25) is 0 Å². The second kappa shape index (κ2) is 9.89. The number of hydrogen-bond acceptors (Lipinski definition) is 1. The van der Waals surface area contributed by atoms with Crippen molar-refractivity contribution in [2.45, 2.75) is 84.1 Å². The molecule has 96 valence electrons. The van der Waals surface area contributed by atoms with Crippen LogP contribution in [0.25, 0.3) is 0 Å². The van der Waals surface area contributed by atoms with Gasteiger partial charge in [0.15, 0.2) is 0 Å². The van der Waals surface area contributed by atoms with E-state index in [1.807, 2.05) is 13.8 Å². The number of unbranched alkanes of at least 4 members (excludes halogenated alkanes) is 8. The van der Waals surface area contributed by atoms with Gasteiger partial charge >= 0.3 is 0 Å². The molecule has 16 heavy (non-hydrogen) atoms. The maximum absolute atomic E-state index is 5.86. The normalized spacial score (nSPS) is 12.5. The maximum Gasteiger partial charge on any atom is 0.0281 e. The highest BCUT2D eigenvalue weighted by atomic mass is 14.7. The summed E-state index contributed by atoms with van der Waals surface area (Å²) in [5, 5.41) is 0. The Morgan fingerprint density at radius 1 is 0.875 bits per heavy atom. The minimum Gasteiger partial charge on any atom is -0.322 e. The van der Waals surface area contributed by atoms with Crippen LogP contribution in [0.5, 0.6) is 0 Å². The van der Waals surface area contributed by atoms with Gasteiger partial charge in [0.2, 0.25) is 0 Å². The molecule has 0 aromatic carbocycles. The zero-order valence-corrected chi connectivity index (χ0v) is 11.6. The summed E-state index contributed by atoms with van der Waals surface area (Å²) in [6, 6.07) is 0. The van der Waals surface area contributed by atoms with Crippen LogP contribution in [0.3, 0.4) is 0 Å². The number of allylic oxidation sites excluding steroid dienone is 1. The summed E-state index contributed by atoms with van der Waals surface area (Å²) in [5.41, 5.74) is 5.72. The molecule has 0 aliphatic heterocycles. The minimum atomic E-state index is -0.139. The second-order valence-electron chi connectivity index (χ2n) is 5.49. The first-order valence-electron chi connectivity index (χ1n) is 7.03. The summed E-state index contributed by atoms with van der Waals surface area (Å²) in [7, 11) is 0. The smallest absolute Gasteiger partial charge is 0.0281 e. The molecule has 0 aliphatic rings. The number of nitrogens with two attached hydrogens (primary N) is 1. The van der Waals surface area contributed by atoms with Gasteiger partial charge in [0.1, 0.15) is 0 Å². The summed E-state index contributed by atoms with van der Waals surface area (Å²) in [5.74, 6) is 0. The topological polar surface area (TPSA) is 26.0 Å². The maximum atomic E-state index is 5.86. The van der Waals surface area contributed by atoms with E-state index in [9.17, 15) is 0 Å². The monoisotopic (exact) mass is 225 g/mol. The standard InChI is InChI=1S/C15H31N/c1-4-5-6-7-8-9-10-11-12-13-14-15(2,3)16/h13-14H,4-12,16H2,1-3H3. The Kier molecular flexibility index (Phi) is 9.71. The van der Waals surface area contributed by atoms with Crippen LogP contribution in [-0.2, 0) is 0 Å². The molecular formula is C15H31N. The van der Waals surface area contributed by atoms with E-state index in [0.717, 1.165) is 0 Å². The van der Waals surface area contributed by atoms with Gasteiger partial charge in [-0.15, -0.1) is 0 Å². The first-order valence-corrected chi connectivity index (χ1v) is 7.03. The Morgan fingerprint density at radius 3 is 1.88 bits per heavy atom. The Balaban J connectivity index is 3.13. The van der Waals surface area contributed by atoms with Gasteiger partial charge in [-0.2, -0.15) is 0 Å². The molecule has 0 atom stereocenters. The summed E-state index contributed by atoms with van der Waals surface area (Å²) >= 11 is 0. The number of hydrogen-bond donors (Lipinski definition) is 1. The molecule has 0 spiro atoms. The first kappa shape index (κ1) is 15.7. The molecule has 0 saturated carbocycles. The van der Waals surface area contributed by atoms with Crippen molar-refractivity contribution in [2.24, 2.45) is 5.73 Å². The third-order valence-electron chi connectivity index (χ3n) is 2.77. The molecule has 0 heterocycles. The van der Waals surface area contributed by atoms with Crippen LogP contribution >= 0.6 is 0 Å². The lowest BCUT2D eigenvalue weighted by Gasteiger charge is -2.11. The molecule has 0 saturated heterocycles. The molecule has 0 aromatic heterocycles. The zero-order chi connectivity index (χ0) is 12.3. The van der Waals surface area contributed by atoms with Gasteiger partial charge < -0.3 is 5.73 Å². The van der Waals surface area contributed by atoms with Gasteiger partial charge in [-0.05, 0) is 26.7 Å². The van der Waals surface area contributed by atoms with Crippen LogP contribution in [0, 0.1) is 0 Å². The third-order valence-corrected chi connectivity index (χ3v) is 2.77. The van der Waals surface area contributed by atoms with Crippen molar-refractivity contribution < 1.29 is 0 Å². The first-order chi connectivity index (χ1) is 7.56. The van der Waals surface area contributed by atoms with E-state index in [0.29, 0.717) is 0 Å². The molecule has 0 radical (unpaired) electrons. The highest BCUT2D eigenvalue weighted by Crippen LogP contribution is 2.10. The third kappa shape index (κ3) is 13.7. The molecule has 0 fully saturated rings. The van der Waals surface area contributed by atoms with Crippen molar-refractivity contribution in [1.82, 2.24) is 0 Å². The van der Waals surface area contributed by atoms with Gasteiger partial charge in [-0.25, -0.2) is 0 Å². The van der Waals surface area contributed by atoms with E-state index in [4.69, 9.17) is 5.73 Å². The van der Waals surface area contributed by atoms with E-state index in [1.54, 1.807) is 0 Å². The Hall–Kier alpha value is -0.300. The second-order valence-corrected chi connectivity index (χ2v) is 5.49. The highest BCUT2D eigenvalue weighted by Gasteiger charge is 2.02. The van der Waals surface area contributed by atoms with E-state index in [-0.39, 0.29) is 5.54 Å². The van der Waals surface area contributed by atoms with Gasteiger partial charge in [-0.1, -0.05) is 64.0 Å². The molecule has 0 rings (SSSR count). The van der Waals surface area contributed by atoms with Crippen molar-refractivity contribution in [2.75, 3.05) is 0 Å². The van der Waals surface area contributed by atoms with Crippen molar-refractivity contribution in [1.29, 1.82) is 0 Å². The molecule has 2 N–H and O–H groups in total. The molecule has 0 unspecified atom stereocenters. The van der Waals surface area contributed by atoms with E-state index >= 15 is 0 Å². The van der Waals surface area contributed by atoms with Gasteiger partial charge in [0, 0.05) is 5.54 Å². The Bertz CT molecular complexity index is 165.